The molecule has 0 aromatic carbocycles. The van der Waals surface area contributed by atoms with E-state index in [1.165, 1.54) is 14.2 Å². The Labute approximate surface area is 250 Å². The van der Waals surface area contributed by atoms with E-state index in [-0.39, 0.29) is 50.2 Å². The van der Waals surface area contributed by atoms with Crippen LogP contribution >= 0.6 is 0 Å². The van der Waals surface area contributed by atoms with Gasteiger partial charge < -0.3 is 49.0 Å². The van der Waals surface area contributed by atoms with E-state index in [0.717, 1.165) is 19.5 Å². The molecule has 0 aromatic rings. The molecule has 0 aromatic heterocycles. The van der Waals surface area contributed by atoms with Crippen LogP contribution in [0.4, 0.5) is 0 Å². The fraction of sp³-hybridized carbons (Fsp3) is 1.00. The minimum Gasteiger partial charge on any atom is -0.415 e. The van der Waals surface area contributed by atoms with Gasteiger partial charge in [-0.05, 0) is 72.1 Å². The first kappa shape index (κ1) is 41.0. The van der Waals surface area contributed by atoms with Crippen LogP contribution in [0.1, 0.15) is 47.0 Å². The van der Waals surface area contributed by atoms with Gasteiger partial charge in [0.2, 0.25) is 16.6 Å². The quantitative estimate of drug-likeness (QED) is 0.0492. The lowest BCUT2D eigenvalue weighted by Crippen LogP contribution is -2.46. The average molecular weight is 631 g/mol. The van der Waals surface area contributed by atoms with E-state index in [0.29, 0.717) is 51.2 Å². The van der Waals surface area contributed by atoms with Gasteiger partial charge in [-0.2, -0.15) is 0 Å². The zero-order valence-electron chi connectivity index (χ0n) is 26.5. The van der Waals surface area contributed by atoms with Gasteiger partial charge in [0.25, 0.3) is 0 Å². The summed E-state index contributed by atoms with van der Waals surface area (Å²) < 4.78 is 22.0. The smallest absolute Gasteiger partial charge is 0.242 e. The molecule has 6 N–H and O–H groups in total. The van der Waals surface area contributed by atoms with Crippen LogP contribution in [0.3, 0.4) is 0 Å². The van der Waals surface area contributed by atoms with E-state index in [1.807, 2.05) is 0 Å². The maximum Gasteiger partial charge on any atom is 0.242 e. The van der Waals surface area contributed by atoms with Crippen LogP contribution in [0.5, 0.6) is 0 Å². The van der Waals surface area contributed by atoms with Crippen molar-refractivity contribution < 1.29 is 49.0 Å². The number of aliphatic hydroxyl groups excluding tert-OH is 6. The Kier molecular flexibility index (Phi) is 23.3. The predicted octanol–water partition coefficient (Wildman–Crippen LogP) is -0.358. The molecule has 0 rings (SSSR count). The van der Waals surface area contributed by atoms with Crippen LogP contribution in [-0.2, 0) is 18.3 Å². The van der Waals surface area contributed by atoms with Gasteiger partial charge in [-0.25, -0.2) is 0 Å². The molecule has 0 heterocycles. The molecule has 0 bridgehead atoms. The summed E-state index contributed by atoms with van der Waals surface area (Å²) in [7, 11) is -1.92. The van der Waals surface area contributed by atoms with Gasteiger partial charge in [-0.15, -0.1) is 0 Å². The Morgan fingerprint density at radius 1 is 0.585 bits per heavy atom. The van der Waals surface area contributed by atoms with E-state index in [4.69, 9.17) is 18.3 Å². The molecule has 2 atom stereocenters. The second kappa shape index (κ2) is 23.4. The summed E-state index contributed by atoms with van der Waals surface area (Å²) in [6.07, 6.45) is 0.471. The molecule has 0 spiro atoms. The largest absolute Gasteiger partial charge is 0.415 e. The standard InChI is InChI=1S/C27H62N2O10Si2/c1-24(2)28(16-26(34)18-38-12-8-14-40(20-30,21-31)36-5)10-7-11-29(25(3)4)17-27(35)19-39-13-9-15-41(22-32,23-33)37-6/h24-27,30-35H,7-23H2,1-6H3. The highest BCUT2D eigenvalue weighted by Gasteiger charge is 2.33. The third-order valence-corrected chi connectivity index (χ3v) is 14.3. The molecule has 2 unspecified atom stereocenters. The van der Waals surface area contributed by atoms with E-state index in [1.54, 1.807) is 0 Å². The highest BCUT2D eigenvalue weighted by molar-refractivity contribution is 6.73. The highest BCUT2D eigenvalue weighted by atomic mass is 28.4. The Balaban J connectivity index is 4.42. The zero-order chi connectivity index (χ0) is 31.3. The average Bonchev–Trinajstić information content (AvgIpc) is 2.96. The molecule has 14 heteroatoms. The van der Waals surface area contributed by atoms with Gasteiger partial charge in [-0.1, -0.05) is 0 Å². The van der Waals surface area contributed by atoms with Crippen LogP contribution in [0.15, 0.2) is 0 Å². The third kappa shape index (κ3) is 17.1. The van der Waals surface area contributed by atoms with Crippen LogP contribution in [-0.4, -0.2) is 173 Å². The van der Waals surface area contributed by atoms with Gasteiger partial charge in [0.15, 0.2) is 0 Å². The summed E-state index contributed by atoms with van der Waals surface area (Å²) in [5, 5.41) is 59.1. The summed E-state index contributed by atoms with van der Waals surface area (Å²) in [5.41, 5.74) is 0. The predicted molar refractivity (Wildman–Crippen MR) is 164 cm³/mol. The molecular weight excluding hydrogens is 568 g/mol. The van der Waals surface area contributed by atoms with Crippen molar-refractivity contribution in [2.24, 2.45) is 0 Å². The van der Waals surface area contributed by atoms with Gasteiger partial charge in [0.1, 0.15) is 0 Å². The molecule has 0 aliphatic carbocycles. The minimum atomic E-state index is -2.48. The number of ether oxygens (including phenoxy) is 2. The van der Waals surface area contributed by atoms with Gasteiger partial charge in [-0.3, -0.25) is 9.80 Å². The number of aliphatic hydroxyl groups is 6. The van der Waals surface area contributed by atoms with E-state index in [2.05, 4.69) is 37.5 Å². The molecule has 248 valence electrons. The first-order valence-corrected chi connectivity index (χ1v) is 20.1. The van der Waals surface area contributed by atoms with E-state index in [9.17, 15) is 30.6 Å². The molecule has 0 saturated carbocycles. The third-order valence-electron chi connectivity index (χ3n) is 7.72. The first-order chi connectivity index (χ1) is 19.5. The van der Waals surface area contributed by atoms with Crippen LogP contribution in [0, 0.1) is 0 Å². The normalized spacial score (nSPS) is 14.6. The molecule has 0 amide bonds. The Morgan fingerprint density at radius 2 is 0.927 bits per heavy atom. The van der Waals surface area contributed by atoms with Crippen molar-refractivity contribution >= 4 is 16.6 Å². The van der Waals surface area contributed by atoms with Crippen molar-refractivity contribution in [3.63, 3.8) is 0 Å². The SMILES string of the molecule is CO[Si](CO)(CO)CCCOCC(O)CN(CCCN(CC(O)COCCC[Si](CO)(CO)OC)C(C)C)C(C)C. The summed E-state index contributed by atoms with van der Waals surface area (Å²) >= 11 is 0. The topological polar surface area (TPSA) is 165 Å². The number of rotatable bonds is 28. The van der Waals surface area contributed by atoms with Crippen molar-refractivity contribution in [1.29, 1.82) is 0 Å². The van der Waals surface area contributed by atoms with Gasteiger partial charge >= 0.3 is 0 Å². The number of nitrogens with zero attached hydrogens (tertiary/aromatic N) is 2. The minimum absolute atomic E-state index is 0.123. The maximum absolute atomic E-state index is 10.5. The molecule has 12 nitrogen and oxygen atoms in total. The summed E-state index contributed by atoms with van der Waals surface area (Å²) in [6, 6.07) is 1.72. The lowest BCUT2D eigenvalue weighted by Gasteiger charge is -2.32. The van der Waals surface area contributed by atoms with Crippen molar-refractivity contribution in [2.75, 3.05) is 91.7 Å². The molecule has 0 aliphatic rings. The molecular formula is C27H62N2O10Si2. The van der Waals surface area contributed by atoms with Crippen molar-refractivity contribution in [3.05, 3.63) is 0 Å². The monoisotopic (exact) mass is 630 g/mol. The van der Waals surface area contributed by atoms with E-state index >= 15 is 0 Å². The van der Waals surface area contributed by atoms with Crippen LogP contribution < -0.4 is 0 Å². The lowest BCUT2D eigenvalue weighted by molar-refractivity contribution is 0.00472. The van der Waals surface area contributed by atoms with Gasteiger partial charge in [0, 0.05) is 52.6 Å². The van der Waals surface area contributed by atoms with Crippen LogP contribution in [0.2, 0.25) is 12.1 Å². The second-order valence-corrected chi connectivity index (χ2v) is 19.4. The lowest BCUT2D eigenvalue weighted by atomic mass is 10.2. The van der Waals surface area contributed by atoms with E-state index < -0.39 is 28.8 Å². The zero-order valence-corrected chi connectivity index (χ0v) is 28.5. The number of hydrogen-bond acceptors (Lipinski definition) is 12. The highest BCUT2D eigenvalue weighted by Crippen LogP contribution is 2.14. The summed E-state index contributed by atoms with van der Waals surface area (Å²) in [4.78, 5) is 4.46. The summed E-state index contributed by atoms with van der Waals surface area (Å²) in [6.45, 7) is 12.4. The summed E-state index contributed by atoms with van der Waals surface area (Å²) in [5.74, 6) is 0. The number of hydrogen-bond donors (Lipinski definition) is 6. The molecule has 0 fully saturated rings. The fourth-order valence-corrected chi connectivity index (χ4v) is 7.89. The van der Waals surface area contributed by atoms with Crippen molar-refractivity contribution in [3.8, 4) is 0 Å². The Hall–Kier alpha value is -0.0462. The Morgan fingerprint density at radius 3 is 1.20 bits per heavy atom. The molecule has 0 aliphatic heterocycles. The van der Waals surface area contributed by atoms with Crippen molar-refractivity contribution in [1.82, 2.24) is 9.80 Å². The fourth-order valence-electron chi connectivity index (χ4n) is 4.55. The first-order valence-electron chi connectivity index (χ1n) is 15.0. The molecule has 0 radical (unpaired) electrons. The molecule has 41 heavy (non-hydrogen) atoms. The maximum atomic E-state index is 10.5. The van der Waals surface area contributed by atoms with Gasteiger partial charge in [0.05, 0.1) is 50.3 Å². The molecule has 0 saturated heterocycles. The van der Waals surface area contributed by atoms with Crippen molar-refractivity contribution in [2.45, 2.75) is 83.3 Å². The Bertz CT molecular complexity index is 550. The van der Waals surface area contributed by atoms with Crippen LogP contribution in [0.25, 0.3) is 0 Å². The second-order valence-electron chi connectivity index (χ2n) is 11.6.